The van der Waals surface area contributed by atoms with E-state index in [4.69, 9.17) is 10.5 Å². The third-order valence-electron chi connectivity index (χ3n) is 4.91. The van der Waals surface area contributed by atoms with Crippen LogP contribution in [0.4, 0.5) is 5.69 Å². The Labute approximate surface area is 146 Å². The van der Waals surface area contributed by atoms with Crippen LogP contribution in [0.1, 0.15) is 47.3 Å². The number of aromatic hydroxyl groups is 1. The molecule has 130 valence electrons. The van der Waals surface area contributed by atoms with E-state index in [-0.39, 0.29) is 17.8 Å². The van der Waals surface area contributed by atoms with Crippen LogP contribution >= 0.6 is 0 Å². The van der Waals surface area contributed by atoms with Gasteiger partial charge in [0.15, 0.2) is 11.5 Å². The topological polar surface area (TPSA) is 88.7 Å². The minimum absolute atomic E-state index is 0.0791. The maximum Gasteiger partial charge on any atom is 0.259 e. The lowest BCUT2D eigenvalue weighted by Crippen LogP contribution is -2.23. The van der Waals surface area contributed by atoms with Gasteiger partial charge in [-0.05, 0) is 43.9 Å². The summed E-state index contributed by atoms with van der Waals surface area (Å²) in [6.45, 7) is 0.763. The van der Waals surface area contributed by atoms with Crippen molar-refractivity contribution in [3.63, 3.8) is 0 Å². The molecule has 1 amide bonds. The van der Waals surface area contributed by atoms with Crippen molar-refractivity contribution in [2.45, 2.75) is 44.9 Å². The third-order valence-corrected chi connectivity index (χ3v) is 4.91. The number of nitrogens with two attached hydrogens (primary N) is 1. The molecule has 1 fully saturated rings. The molecule has 1 aromatic heterocycles. The zero-order valence-electron chi connectivity index (χ0n) is 13.9. The van der Waals surface area contributed by atoms with Crippen LogP contribution in [-0.2, 0) is 13.1 Å². The molecule has 25 heavy (non-hydrogen) atoms. The number of fused-ring (bicyclic) bond motifs is 1. The highest BCUT2D eigenvalue weighted by atomic mass is 16.5. The molecule has 1 aliphatic carbocycles. The fraction of sp³-hybridized carbons (Fsp3) is 0.368. The largest absolute Gasteiger partial charge is 0.504 e. The SMILES string of the molecule is NCc1cc2c(cn1)CN(c1ccc(O)c(OC3CCCC3)c1)C2=O. The molecule has 2 aromatic rings. The predicted octanol–water partition coefficient (Wildman–Crippen LogP) is 2.73. The number of benzene rings is 1. The van der Waals surface area contributed by atoms with Gasteiger partial charge < -0.3 is 20.5 Å². The Morgan fingerprint density at radius 2 is 2.08 bits per heavy atom. The van der Waals surface area contributed by atoms with Gasteiger partial charge >= 0.3 is 0 Å². The van der Waals surface area contributed by atoms with Gasteiger partial charge in [-0.2, -0.15) is 0 Å². The van der Waals surface area contributed by atoms with Crippen LogP contribution in [0.25, 0.3) is 0 Å². The molecular weight excluding hydrogens is 318 g/mol. The molecule has 0 spiro atoms. The number of nitrogens with zero attached hydrogens (tertiary/aromatic N) is 2. The summed E-state index contributed by atoms with van der Waals surface area (Å²) in [5.74, 6) is 0.463. The van der Waals surface area contributed by atoms with Crippen LogP contribution in [0.2, 0.25) is 0 Å². The van der Waals surface area contributed by atoms with Crippen LogP contribution in [-0.4, -0.2) is 22.1 Å². The highest BCUT2D eigenvalue weighted by molar-refractivity contribution is 6.10. The molecule has 3 N–H and O–H groups in total. The van der Waals surface area contributed by atoms with Gasteiger partial charge in [-0.25, -0.2) is 0 Å². The van der Waals surface area contributed by atoms with Crippen LogP contribution in [0, 0.1) is 0 Å². The van der Waals surface area contributed by atoms with Gasteiger partial charge in [0, 0.05) is 35.6 Å². The molecular formula is C19H21N3O3. The second-order valence-electron chi connectivity index (χ2n) is 6.60. The summed E-state index contributed by atoms with van der Waals surface area (Å²) in [7, 11) is 0. The summed E-state index contributed by atoms with van der Waals surface area (Å²) in [6, 6.07) is 6.82. The Kier molecular flexibility index (Phi) is 4.05. The normalized spacial score (nSPS) is 17.2. The van der Waals surface area contributed by atoms with Crippen molar-refractivity contribution in [2.24, 2.45) is 5.73 Å². The Balaban J connectivity index is 1.61. The van der Waals surface area contributed by atoms with E-state index in [1.807, 2.05) is 0 Å². The monoisotopic (exact) mass is 339 g/mol. The van der Waals surface area contributed by atoms with E-state index in [2.05, 4.69) is 4.98 Å². The fourth-order valence-corrected chi connectivity index (χ4v) is 3.51. The molecule has 2 heterocycles. The Morgan fingerprint density at radius 3 is 2.84 bits per heavy atom. The van der Waals surface area contributed by atoms with E-state index in [0.29, 0.717) is 35.8 Å². The Hall–Kier alpha value is -2.60. The summed E-state index contributed by atoms with van der Waals surface area (Å²) < 4.78 is 5.94. The summed E-state index contributed by atoms with van der Waals surface area (Å²) in [5, 5.41) is 10.1. The second kappa shape index (κ2) is 6.37. The lowest BCUT2D eigenvalue weighted by Gasteiger charge is -2.19. The molecule has 0 radical (unpaired) electrons. The first-order valence-corrected chi connectivity index (χ1v) is 8.65. The number of anilines is 1. The molecule has 0 atom stereocenters. The van der Waals surface area contributed by atoms with Gasteiger partial charge in [-0.15, -0.1) is 0 Å². The van der Waals surface area contributed by atoms with E-state index in [1.54, 1.807) is 35.4 Å². The zero-order chi connectivity index (χ0) is 17.4. The number of rotatable bonds is 4. The molecule has 0 bridgehead atoms. The fourth-order valence-electron chi connectivity index (χ4n) is 3.51. The number of hydrogen-bond donors (Lipinski definition) is 2. The summed E-state index contributed by atoms with van der Waals surface area (Å²) in [5.41, 5.74) is 8.55. The highest BCUT2D eigenvalue weighted by Gasteiger charge is 2.30. The number of phenols is 1. The summed E-state index contributed by atoms with van der Waals surface area (Å²) >= 11 is 0. The zero-order valence-corrected chi connectivity index (χ0v) is 13.9. The number of hydrogen-bond acceptors (Lipinski definition) is 5. The van der Waals surface area contributed by atoms with Crippen LogP contribution in [0.3, 0.4) is 0 Å². The minimum Gasteiger partial charge on any atom is -0.504 e. The van der Waals surface area contributed by atoms with Gasteiger partial charge in [-0.3, -0.25) is 9.78 Å². The van der Waals surface area contributed by atoms with Gasteiger partial charge in [0.25, 0.3) is 5.91 Å². The highest BCUT2D eigenvalue weighted by Crippen LogP contribution is 2.36. The first-order chi connectivity index (χ1) is 12.2. The van der Waals surface area contributed by atoms with Crippen molar-refractivity contribution < 1.29 is 14.6 Å². The number of pyridine rings is 1. The minimum atomic E-state index is -0.0791. The van der Waals surface area contributed by atoms with Gasteiger partial charge in [-0.1, -0.05) is 0 Å². The molecule has 2 aliphatic rings. The maximum absolute atomic E-state index is 12.8. The number of carbonyl (C=O) groups is 1. The molecule has 1 aliphatic heterocycles. The van der Waals surface area contributed by atoms with E-state index in [0.717, 1.165) is 31.2 Å². The lowest BCUT2D eigenvalue weighted by atomic mass is 10.1. The Bertz CT molecular complexity index is 816. The quantitative estimate of drug-likeness (QED) is 0.894. The standard InChI is InChI=1S/C19H21N3O3/c20-9-13-7-16-12(10-21-13)11-22(19(16)24)14-5-6-17(23)18(8-14)25-15-3-1-2-4-15/h5-8,10,15,23H,1-4,9,11,20H2. The number of ether oxygens (including phenoxy) is 1. The van der Waals surface area contributed by atoms with E-state index in [1.165, 1.54) is 0 Å². The molecule has 6 nitrogen and oxygen atoms in total. The average Bonchev–Trinajstić information content (AvgIpc) is 3.25. The number of carbonyl (C=O) groups excluding carboxylic acids is 1. The smallest absolute Gasteiger partial charge is 0.259 e. The summed E-state index contributed by atoms with van der Waals surface area (Å²) in [4.78, 5) is 18.7. The number of amides is 1. The van der Waals surface area contributed by atoms with Crippen molar-refractivity contribution in [3.8, 4) is 11.5 Å². The predicted molar refractivity (Wildman–Crippen MR) is 93.6 cm³/mol. The number of phenolic OH excluding ortho intramolecular Hbond substituents is 1. The third kappa shape index (κ3) is 2.93. The van der Waals surface area contributed by atoms with Crippen molar-refractivity contribution in [1.82, 2.24) is 4.98 Å². The average molecular weight is 339 g/mol. The molecule has 6 heteroatoms. The molecule has 4 rings (SSSR count). The molecule has 0 unspecified atom stereocenters. The van der Waals surface area contributed by atoms with Crippen molar-refractivity contribution in [3.05, 3.63) is 47.3 Å². The van der Waals surface area contributed by atoms with Crippen molar-refractivity contribution in [2.75, 3.05) is 4.90 Å². The summed E-state index contributed by atoms with van der Waals surface area (Å²) in [6.07, 6.45) is 6.18. The van der Waals surface area contributed by atoms with E-state index >= 15 is 0 Å². The molecule has 1 saturated carbocycles. The van der Waals surface area contributed by atoms with Crippen LogP contribution < -0.4 is 15.4 Å². The maximum atomic E-state index is 12.8. The number of aromatic nitrogens is 1. The van der Waals surface area contributed by atoms with Gasteiger partial charge in [0.2, 0.25) is 0 Å². The lowest BCUT2D eigenvalue weighted by molar-refractivity contribution is 0.0996. The van der Waals surface area contributed by atoms with Gasteiger partial charge in [0.1, 0.15) is 0 Å². The van der Waals surface area contributed by atoms with Crippen LogP contribution in [0.5, 0.6) is 11.5 Å². The molecule has 0 saturated heterocycles. The first-order valence-electron chi connectivity index (χ1n) is 8.65. The second-order valence-corrected chi connectivity index (χ2v) is 6.60. The van der Waals surface area contributed by atoms with Crippen molar-refractivity contribution >= 4 is 11.6 Å². The molecule has 1 aromatic carbocycles. The first kappa shape index (κ1) is 15.9. The van der Waals surface area contributed by atoms with E-state index in [9.17, 15) is 9.90 Å². The van der Waals surface area contributed by atoms with Gasteiger partial charge in [0.05, 0.1) is 18.3 Å². The van der Waals surface area contributed by atoms with Crippen molar-refractivity contribution in [1.29, 1.82) is 0 Å². The Morgan fingerprint density at radius 1 is 1.28 bits per heavy atom. The van der Waals surface area contributed by atoms with Crippen LogP contribution in [0.15, 0.2) is 30.5 Å². The van der Waals surface area contributed by atoms with E-state index < -0.39 is 0 Å².